The highest BCUT2D eigenvalue weighted by Gasteiger charge is 2.21. The summed E-state index contributed by atoms with van der Waals surface area (Å²) < 4.78 is 11.6. The Labute approximate surface area is 328 Å². The summed E-state index contributed by atoms with van der Waals surface area (Å²) in [6.07, 6.45) is 0. The zero-order valence-electron chi connectivity index (χ0n) is 30.9. The van der Waals surface area contributed by atoms with Crippen LogP contribution in [0.25, 0.3) is 110 Å². The van der Waals surface area contributed by atoms with Crippen LogP contribution >= 0.6 is 0 Å². The zero-order chi connectivity index (χ0) is 37.5. The fourth-order valence-corrected chi connectivity index (χ4v) is 9.12. The molecular formula is C54H34N2O. The molecule has 3 nitrogen and oxygen atoms in total. The quantitative estimate of drug-likeness (QED) is 0.173. The Morgan fingerprint density at radius 3 is 1.46 bits per heavy atom. The average molecular weight is 727 g/mol. The second-order valence-electron chi connectivity index (χ2n) is 14.9. The van der Waals surface area contributed by atoms with Crippen molar-refractivity contribution < 1.29 is 4.42 Å². The molecule has 266 valence electrons. The molecule has 0 radical (unpaired) electrons. The van der Waals surface area contributed by atoms with Crippen LogP contribution in [0.1, 0.15) is 0 Å². The van der Waals surface area contributed by atoms with Gasteiger partial charge in [0.15, 0.2) is 5.58 Å². The van der Waals surface area contributed by atoms with Crippen LogP contribution in [0.2, 0.25) is 0 Å². The summed E-state index contributed by atoms with van der Waals surface area (Å²) in [5.41, 5.74) is 15.6. The van der Waals surface area contributed by atoms with Crippen LogP contribution < -0.4 is 0 Å². The van der Waals surface area contributed by atoms with Gasteiger partial charge in [-0.1, -0.05) is 158 Å². The molecule has 0 spiro atoms. The lowest BCUT2D eigenvalue weighted by molar-refractivity contribution is 0.666. The van der Waals surface area contributed by atoms with Crippen molar-refractivity contribution in [2.75, 3.05) is 0 Å². The average Bonchev–Trinajstić information content (AvgIpc) is 3.94. The van der Waals surface area contributed by atoms with Crippen LogP contribution in [0.4, 0.5) is 0 Å². The molecular weight excluding hydrogens is 693 g/mol. The van der Waals surface area contributed by atoms with E-state index in [2.05, 4.69) is 209 Å². The number of benzene rings is 9. The number of aromatic nitrogens is 2. The Morgan fingerprint density at radius 1 is 0.281 bits per heavy atom. The van der Waals surface area contributed by atoms with Crippen molar-refractivity contribution in [2.24, 2.45) is 0 Å². The number of hydrogen-bond acceptors (Lipinski definition) is 1. The van der Waals surface area contributed by atoms with Gasteiger partial charge in [0.1, 0.15) is 5.58 Å². The van der Waals surface area contributed by atoms with E-state index in [1.165, 1.54) is 49.3 Å². The van der Waals surface area contributed by atoms with Crippen molar-refractivity contribution in [3.8, 4) is 44.8 Å². The monoisotopic (exact) mass is 726 g/mol. The highest BCUT2D eigenvalue weighted by atomic mass is 16.3. The molecule has 0 amide bonds. The van der Waals surface area contributed by atoms with Crippen LogP contribution in [-0.2, 0) is 0 Å². The molecule has 0 fully saturated rings. The van der Waals surface area contributed by atoms with Crippen LogP contribution in [-0.4, -0.2) is 9.13 Å². The van der Waals surface area contributed by atoms with Gasteiger partial charge in [-0.3, -0.25) is 0 Å². The van der Waals surface area contributed by atoms with Gasteiger partial charge < -0.3 is 13.6 Å². The minimum atomic E-state index is 0.881. The lowest BCUT2D eigenvalue weighted by Gasteiger charge is -2.14. The van der Waals surface area contributed by atoms with E-state index in [0.717, 1.165) is 61.0 Å². The van der Waals surface area contributed by atoms with E-state index < -0.39 is 0 Å². The summed E-state index contributed by atoms with van der Waals surface area (Å²) in [5.74, 6) is 0. The van der Waals surface area contributed by atoms with Crippen molar-refractivity contribution in [1.82, 2.24) is 9.13 Å². The summed E-state index contributed by atoms with van der Waals surface area (Å²) in [6.45, 7) is 0. The minimum absolute atomic E-state index is 0.881. The van der Waals surface area contributed by atoms with E-state index in [9.17, 15) is 0 Å². The third-order valence-electron chi connectivity index (χ3n) is 11.7. The smallest absolute Gasteiger partial charge is 0.159 e. The molecule has 0 unspecified atom stereocenters. The van der Waals surface area contributed by atoms with Gasteiger partial charge in [0.25, 0.3) is 0 Å². The van der Waals surface area contributed by atoms with Gasteiger partial charge in [0, 0.05) is 37.9 Å². The van der Waals surface area contributed by atoms with Crippen LogP contribution in [0.15, 0.2) is 211 Å². The third kappa shape index (κ3) is 4.86. The van der Waals surface area contributed by atoms with E-state index in [1.807, 2.05) is 6.07 Å². The van der Waals surface area contributed by atoms with Gasteiger partial charge in [-0.05, 0) is 76.3 Å². The maximum Gasteiger partial charge on any atom is 0.159 e. The van der Waals surface area contributed by atoms with E-state index in [1.54, 1.807) is 0 Å². The fraction of sp³-hybridized carbons (Fsp3) is 0. The second kappa shape index (κ2) is 12.5. The van der Waals surface area contributed by atoms with E-state index in [0.29, 0.717) is 0 Å². The van der Waals surface area contributed by atoms with Crippen molar-refractivity contribution in [1.29, 1.82) is 0 Å². The number of nitrogens with zero attached hydrogens (tertiary/aromatic N) is 2. The molecule has 0 aliphatic rings. The molecule has 12 rings (SSSR count). The first kappa shape index (κ1) is 31.7. The highest BCUT2D eigenvalue weighted by Crippen LogP contribution is 2.43. The summed E-state index contributed by atoms with van der Waals surface area (Å²) in [5, 5.41) is 7.11. The van der Waals surface area contributed by atoms with Gasteiger partial charge in [-0.25, -0.2) is 0 Å². The normalized spacial score (nSPS) is 11.9. The fourth-order valence-electron chi connectivity index (χ4n) is 9.12. The molecule has 3 heteroatoms. The lowest BCUT2D eigenvalue weighted by Crippen LogP contribution is -1.97. The highest BCUT2D eigenvalue weighted by molar-refractivity contribution is 6.15. The Morgan fingerprint density at radius 2 is 0.789 bits per heavy atom. The van der Waals surface area contributed by atoms with Gasteiger partial charge >= 0.3 is 0 Å². The molecule has 3 heterocycles. The number of furan rings is 1. The molecule has 0 N–H and O–H groups in total. The van der Waals surface area contributed by atoms with Gasteiger partial charge in [0.05, 0.1) is 33.4 Å². The first-order valence-electron chi connectivity index (χ1n) is 19.5. The Kier molecular flexibility index (Phi) is 6.93. The summed E-state index contributed by atoms with van der Waals surface area (Å²) in [6, 6.07) is 74.5. The van der Waals surface area contributed by atoms with Gasteiger partial charge in [-0.15, -0.1) is 0 Å². The predicted octanol–water partition coefficient (Wildman–Crippen LogP) is 14.8. The summed E-state index contributed by atoms with van der Waals surface area (Å²) in [7, 11) is 0. The SMILES string of the molecule is c1ccc(-c2cc(-n3c4ccccc4c4ccc(-c5ccc6c7ccccc7n(-c7ccccc7-c7ccccc7)c6c5)cc43)c3oc4ccccc4c3c2)cc1. The predicted molar refractivity (Wildman–Crippen MR) is 239 cm³/mol. The van der Waals surface area contributed by atoms with E-state index in [-0.39, 0.29) is 0 Å². The number of rotatable bonds is 5. The number of fused-ring (bicyclic) bond motifs is 9. The summed E-state index contributed by atoms with van der Waals surface area (Å²) >= 11 is 0. The molecule has 0 saturated carbocycles. The molecule has 3 aromatic heterocycles. The largest absolute Gasteiger partial charge is 0.454 e. The topological polar surface area (TPSA) is 23.0 Å². The zero-order valence-corrected chi connectivity index (χ0v) is 30.9. The van der Waals surface area contributed by atoms with Gasteiger partial charge in [-0.2, -0.15) is 0 Å². The number of hydrogen-bond donors (Lipinski definition) is 0. The maximum absolute atomic E-state index is 6.76. The third-order valence-corrected chi connectivity index (χ3v) is 11.7. The molecule has 0 aliphatic heterocycles. The summed E-state index contributed by atoms with van der Waals surface area (Å²) in [4.78, 5) is 0. The van der Waals surface area contributed by atoms with Crippen molar-refractivity contribution >= 4 is 65.6 Å². The van der Waals surface area contributed by atoms with E-state index >= 15 is 0 Å². The standard InChI is InChI=1S/C54H34N2O/c1-3-15-35(16-4-1)39-31-46-45-22-10-14-26-53(45)57-54(46)52(34-39)56-49-25-13-9-21-42(49)44-30-28-38(33-51(44)56)37-27-29-43-41-20-8-12-24-48(41)55(50(43)32-37)47-23-11-7-19-40(47)36-17-5-2-6-18-36/h1-34H. The Hall–Kier alpha value is -7.62. The van der Waals surface area contributed by atoms with Crippen LogP contribution in [0.5, 0.6) is 0 Å². The molecule has 0 saturated heterocycles. The van der Waals surface area contributed by atoms with Crippen LogP contribution in [0, 0.1) is 0 Å². The first-order chi connectivity index (χ1) is 28.3. The molecule has 12 aromatic rings. The first-order valence-corrected chi connectivity index (χ1v) is 19.5. The second-order valence-corrected chi connectivity index (χ2v) is 14.9. The van der Waals surface area contributed by atoms with Crippen LogP contribution in [0.3, 0.4) is 0 Å². The van der Waals surface area contributed by atoms with Gasteiger partial charge in [0.2, 0.25) is 0 Å². The Balaban J connectivity index is 1.12. The van der Waals surface area contributed by atoms with E-state index in [4.69, 9.17) is 4.42 Å². The van der Waals surface area contributed by atoms with Crippen molar-refractivity contribution in [2.45, 2.75) is 0 Å². The molecule has 0 atom stereocenters. The molecule has 57 heavy (non-hydrogen) atoms. The van der Waals surface area contributed by atoms with Crippen molar-refractivity contribution in [3.05, 3.63) is 206 Å². The molecule has 0 aliphatic carbocycles. The molecule has 0 bridgehead atoms. The number of para-hydroxylation sites is 4. The lowest BCUT2D eigenvalue weighted by atomic mass is 10.0. The minimum Gasteiger partial charge on any atom is -0.454 e. The Bertz CT molecular complexity index is 3510. The maximum atomic E-state index is 6.76. The molecule has 9 aromatic carbocycles. The van der Waals surface area contributed by atoms with Crippen molar-refractivity contribution in [3.63, 3.8) is 0 Å².